The number of benzene rings is 4. The standard InChI is InChI=1S/2C32H31F9N4O5.Ca/c2*1-3-22-14-26(24-13-19(30(33,34)35)7-8-25(24)45(22)29(48)49-4-2)44(28-42-15-23(16-43-28)50-9-5-6-27(46)47)17-18-10-20(31(36,37)38)12-21(11-18)32(39,40)41;/h2*7-8,10-13,15-16,22,26H,3-6,9,14,17H2,1-2H3,(H,46,47);/q;;+2/p-2/t2*22-,26+;/m11./s1. The Balaban J connectivity index is 0.000000315. The topological polar surface area (TPSA) is 216 Å². The Bertz CT molecular complexity index is 3520. The van der Waals surface area contributed by atoms with Crippen LogP contribution < -0.4 is 39.3 Å². The quantitative estimate of drug-likeness (QED) is 0.0351. The molecule has 544 valence electrons. The summed E-state index contributed by atoms with van der Waals surface area (Å²) in [6.45, 7) is 4.61. The van der Waals surface area contributed by atoms with E-state index in [0.717, 1.165) is 61.2 Å². The molecule has 0 aliphatic carbocycles. The number of carboxylic acids is 2. The molecule has 6 aromatic rings. The maximum Gasteiger partial charge on any atom is 2.00 e. The van der Waals surface area contributed by atoms with Crippen molar-refractivity contribution in [1.29, 1.82) is 0 Å². The predicted molar refractivity (Wildman–Crippen MR) is 319 cm³/mol. The third-order valence-electron chi connectivity index (χ3n) is 15.6. The van der Waals surface area contributed by atoms with E-state index in [0.29, 0.717) is 24.3 Å². The Morgan fingerprint density at radius 1 is 0.455 bits per heavy atom. The largest absolute Gasteiger partial charge is 2.00 e. The van der Waals surface area contributed by atoms with Crippen molar-refractivity contribution < 1.29 is 127 Å². The molecule has 2 aliphatic heterocycles. The minimum absolute atomic E-state index is 0. The number of amides is 2. The second-order valence-electron chi connectivity index (χ2n) is 22.5. The number of hydrogen-bond donors (Lipinski definition) is 0. The van der Waals surface area contributed by atoms with Crippen molar-refractivity contribution in [3.63, 3.8) is 0 Å². The number of aliphatic carboxylic acids is 2. The average molecular weight is 1480 g/mol. The number of alkyl halides is 18. The predicted octanol–water partition coefficient (Wildman–Crippen LogP) is 14.3. The molecule has 0 saturated heterocycles. The van der Waals surface area contributed by atoms with E-state index in [1.807, 2.05) is 0 Å². The summed E-state index contributed by atoms with van der Waals surface area (Å²) in [5, 5.41) is 21.3. The smallest absolute Gasteiger partial charge is 0.550 e. The summed E-state index contributed by atoms with van der Waals surface area (Å²) in [7, 11) is 0. The summed E-state index contributed by atoms with van der Waals surface area (Å²) in [4.78, 5) is 68.9. The molecule has 0 bridgehead atoms. The van der Waals surface area contributed by atoms with Gasteiger partial charge in [0.1, 0.15) is 0 Å². The van der Waals surface area contributed by atoms with E-state index >= 15 is 0 Å². The van der Waals surface area contributed by atoms with Crippen LogP contribution in [0.4, 0.5) is 112 Å². The molecular formula is C64H60CaF18N8O10. The minimum Gasteiger partial charge on any atom is -0.550 e. The molecule has 4 atom stereocenters. The van der Waals surface area contributed by atoms with E-state index in [-0.39, 0.29) is 174 Å². The summed E-state index contributed by atoms with van der Waals surface area (Å²) in [6, 6.07) is 3.06. The van der Waals surface area contributed by atoms with Crippen LogP contribution in [0, 0.1) is 0 Å². The molecule has 2 aliphatic rings. The molecule has 0 unspecified atom stereocenters. The van der Waals surface area contributed by atoms with Gasteiger partial charge in [-0.1, -0.05) is 13.8 Å². The van der Waals surface area contributed by atoms with E-state index in [1.165, 1.54) is 33.4 Å². The molecule has 101 heavy (non-hydrogen) atoms. The summed E-state index contributed by atoms with van der Waals surface area (Å²) >= 11 is 0. The SMILES string of the molecule is CCOC(=O)N1c2ccc(C(F)(F)F)cc2[C@@H](N(Cc2cc(C(F)(F)F)cc(C(F)(F)F)c2)c2ncc(OCCCC(=O)[O-])cn2)C[C@H]1CC.CCOC(=O)N1c2ccc(C(F)(F)F)cc2[C@@H](N(Cc2cc(C(F)(F)F)cc(C(F)(F)F)c2)c2ncc(OCCCC(=O)[O-])cn2)C[C@H]1CC.[Ca+2]. The van der Waals surface area contributed by atoms with Gasteiger partial charge in [-0.15, -0.1) is 0 Å². The normalized spacial score (nSPS) is 16.3. The molecule has 4 aromatic carbocycles. The van der Waals surface area contributed by atoms with Crippen LogP contribution in [-0.2, 0) is 69.2 Å². The molecule has 0 N–H and O–H groups in total. The molecule has 4 heterocycles. The van der Waals surface area contributed by atoms with Gasteiger partial charge in [0.25, 0.3) is 0 Å². The second kappa shape index (κ2) is 33.7. The fraction of sp³-hybridized carbons (Fsp3) is 0.438. The zero-order valence-corrected chi connectivity index (χ0v) is 55.8. The first-order valence-corrected chi connectivity index (χ1v) is 30.4. The monoisotopic (exact) mass is 1480 g/mol. The Morgan fingerprint density at radius 3 is 1.01 bits per heavy atom. The number of hydrogen-bond acceptors (Lipinski definition) is 16. The van der Waals surface area contributed by atoms with Gasteiger partial charge in [-0.05, 0) is 160 Å². The van der Waals surface area contributed by atoms with Crippen LogP contribution in [-0.4, -0.2) is 120 Å². The molecule has 8 rings (SSSR count). The molecule has 18 nitrogen and oxygen atoms in total. The molecule has 0 saturated carbocycles. The third-order valence-corrected chi connectivity index (χ3v) is 15.6. The van der Waals surface area contributed by atoms with Crippen molar-refractivity contribution in [3.05, 3.63) is 153 Å². The van der Waals surface area contributed by atoms with Crippen LogP contribution in [0.15, 0.2) is 97.6 Å². The number of rotatable bonds is 22. The van der Waals surface area contributed by atoms with Crippen LogP contribution >= 0.6 is 0 Å². The first kappa shape index (κ1) is 81.7. The number of fused-ring (bicyclic) bond motifs is 2. The van der Waals surface area contributed by atoms with Crippen LogP contribution in [0.3, 0.4) is 0 Å². The number of aromatic nitrogens is 4. The van der Waals surface area contributed by atoms with Crippen molar-refractivity contribution in [2.45, 2.75) is 153 Å². The van der Waals surface area contributed by atoms with E-state index in [2.05, 4.69) is 19.9 Å². The number of carbonyl (C=O) groups is 4. The van der Waals surface area contributed by atoms with Crippen LogP contribution in [0.5, 0.6) is 11.5 Å². The molecule has 0 radical (unpaired) electrons. The van der Waals surface area contributed by atoms with Crippen molar-refractivity contribution in [3.8, 4) is 11.5 Å². The Labute approximate surface area is 593 Å². The summed E-state index contributed by atoms with van der Waals surface area (Å²) < 4.78 is 271. The van der Waals surface area contributed by atoms with Crippen LogP contribution in [0.2, 0.25) is 0 Å². The van der Waals surface area contributed by atoms with Crippen LogP contribution in [0.1, 0.15) is 147 Å². The van der Waals surface area contributed by atoms with E-state index < -0.39 is 143 Å². The zero-order chi connectivity index (χ0) is 74.0. The molecule has 0 fully saturated rings. The number of nitrogens with zero attached hydrogens (tertiary/aromatic N) is 8. The number of halogens is 18. The number of anilines is 4. The number of carbonyl (C=O) groups excluding carboxylic acids is 4. The minimum atomic E-state index is -5.18. The van der Waals surface area contributed by atoms with E-state index in [4.69, 9.17) is 18.9 Å². The number of carboxylic acid groups (broad SMARTS) is 2. The first-order valence-electron chi connectivity index (χ1n) is 30.4. The number of ether oxygens (including phenoxy) is 4. The molecule has 0 spiro atoms. The second-order valence-corrected chi connectivity index (χ2v) is 22.5. The molecular weight excluding hydrogens is 1420 g/mol. The van der Waals surface area contributed by atoms with Crippen LogP contribution in [0.25, 0.3) is 0 Å². The summed E-state index contributed by atoms with van der Waals surface area (Å²) in [6.07, 6.45) is -28.1. The van der Waals surface area contributed by atoms with Crippen molar-refractivity contribution in [1.82, 2.24) is 19.9 Å². The molecule has 2 aromatic heterocycles. The van der Waals surface area contributed by atoms with Gasteiger partial charge >= 0.3 is 87.0 Å². The van der Waals surface area contributed by atoms with Crippen molar-refractivity contribution in [2.24, 2.45) is 0 Å². The molecule has 2 amide bonds. The van der Waals surface area contributed by atoms with Gasteiger partial charge in [0.2, 0.25) is 11.9 Å². The van der Waals surface area contributed by atoms with Crippen molar-refractivity contribution >= 4 is 85.1 Å². The van der Waals surface area contributed by atoms with Gasteiger partial charge in [0.15, 0.2) is 11.5 Å². The van der Waals surface area contributed by atoms with Crippen molar-refractivity contribution in [2.75, 3.05) is 46.0 Å². The Kier molecular flexibility index (Phi) is 27.2. The van der Waals surface area contributed by atoms with Gasteiger partial charge in [0, 0.05) is 37.1 Å². The maximum absolute atomic E-state index is 14.0. The fourth-order valence-corrected chi connectivity index (χ4v) is 11.1. The Hall–Kier alpha value is -8.28. The van der Waals surface area contributed by atoms with E-state index in [1.54, 1.807) is 13.8 Å². The van der Waals surface area contributed by atoms with Gasteiger partial charge in [-0.25, -0.2) is 29.5 Å². The van der Waals surface area contributed by atoms with E-state index in [9.17, 15) is 108 Å². The Morgan fingerprint density at radius 2 is 0.752 bits per heavy atom. The maximum atomic E-state index is 14.0. The van der Waals surface area contributed by atoms with Gasteiger partial charge in [-0.3, -0.25) is 9.80 Å². The first-order chi connectivity index (χ1) is 46.7. The van der Waals surface area contributed by atoms with Gasteiger partial charge in [0.05, 0.1) is 108 Å². The third kappa shape index (κ3) is 21.4. The summed E-state index contributed by atoms with van der Waals surface area (Å²) in [5.74, 6) is -3.18. The average Bonchev–Trinajstić information content (AvgIpc) is 0.754. The van der Waals surface area contributed by atoms with Gasteiger partial charge < -0.3 is 48.5 Å². The van der Waals surface area contributed by atoms with Gasteiger partial charge in [-0.2, -0.15) is 79.0 Å². The summed E-state index contributed by atoms with van der Waals surface area (Å²) in [5.41, 5.74) is -9.98. The molecule has 37 heteroatoms. The zero-order valence-electron chi connectivity index (χ0n) is 53.6. The fourth-order valence-electron chi connectivity index (χ4n) is 11.1.